The molecule has 15 heavy (non-hydrogen) atoms. The topological polar surface area (TPSA) is 62.2 Å². The maximum absolute atomic E-state index is 11.0. The van der Waals surface area contributed by atoms with Gasteiger partial charge in [0.05, 0.1) is 10.7 Å². The summed E-state index contributed by atoms with van der Waals surface area (Å²) in [7, 11) is 0. The normalized spacial score (nSPS) is 13.1. The maximum atomic E-state index is 11.0. The average Bonchev–Trinajstić information content (AvgIpc) is 2.51. The number of carbonyl (C=O) groups is 1. The molecule has 84 valence electrons. The standard InChI is InChI=1S/C10H16N2O2S/c1-6(2)4-11-9(10(13)14)8-5-15-7(3)12-8/h5-6,9,11H,4H2,1-3H3,(H,13,14). The summed E-state index contributed by atoms with van der Waals surface area (Å²) >= 11 is 1.47. The molecule has 0 spiro atoms. The quantitative estimate of drug-likeness (QED) is 0.807. The zero-order chi connectivity index (χ0) is 11.4. The van der Waals surface area contributed by atoms with E-state index in [2.05, 4.69) is 10.3 Å². The van der Waals surface area contributed by atoms with Crippen molar-refractivity contribution in [3.63, 3.8) is 0 Å². The molecule has 1 aromatic heterocycles. The second kappa shape index (κ2) is 5.23. The number of aromatic nitrogens is 1. The first kappa shape index (κ1) is 12.1. The van der Waals surface area contributed by atoms with E-state index in [1.54, 1.807) is 5.38 Å². The highest BCUT2D eigenvalue weighted by Crippen LogP contribution is 2.16. The minimum absolute atomic E-state index is 0.423. The summed E-state index contributed by atoms with van der Waals surface area (Å²) < 4.78 is 0. The molecule has 2 N–H and O–H groups in total. The molecule has 1 heterocycles. The van der Waals surface area contributed by atoms with Gasteiger partial charge < -0.3 is 5.11 Å². The van der Waals surface area contributed by atoms with Crippen LogP contribution in [0.2, 0.25) is 0 Å². The predicted octanol–water partition coefficient (Wildman–Crippen LogP) is 1.82. The van der Waals surface area contributed by atoms with Crippen molar-refractivity contribution in [2.45, 2.75) is 26.8 Å². The predicted molar refractivity (Wildman–Crippen MR) is 60.1 cm³/mol. The van der Waals surface area contributed by atoms with Crippen LogP contribution in [0, 0.1) is 12.8 Å². The van der Waals surface area contributed by atoms with Gasteiger partial charge in [0.1, 0.15) is 6.04 Å². The van der Waals surface area contributed by atoms with E-state index < -0.39 is 12.0 Å². The Morgan fingerprint density at radius 3 is 2.73 bits per heavy atom. The fourth-order valence-electron chi connectivity index (χ4n) is 1.18. The minimum Gasteiger partial charge on any atom is -0.480 e. The summed E-state index contributed by atoms with van der Waals surface area (Å²) in [6.07, 6.45) is 0. The highest BCUT2D eigenvalue weighted by atomic mass is 32.1. The van der Waals surface area contributed by atoms with Gasteiger partial charge >= 0.3 is 5.97 Å². The van der Waals surface area contributed by atoms with Gasteiger partial charge in [-0.15, -0.1) is 11.3 Å². The molecule has 1 unspecified atom stereocenters. The van der Waals surface area contributed by atoms with E-state index >= 15 is 0 Å². The third-order valence-corrected chi connectivity index (χ3v) is 2.70. The Balaban J connectivity index is 2.70. The van der Waals surface area contributed by atoms with Crippen LogP contribution in [-0.4, -0.2) is 22.6 Å². The van der Waals surface area contributed by atoms with Crippen LogP contribution in [0.5, 0.6) is 0 Å². The van der Waals surface area contributed by atoms with E-state index in [9.17, 15) is 4.79 Å². The van der Waals surface area contributed by atoms with Gasteiger partial charge in [-0.25, -0.2) is 4.98 Å². The van der Waals surface area contributed by atoms with E-state index in [4.69, 9.17) is 5.11 Å². The summed E-state index contributed by atoms with van der Waals surface area (Å²) in [5.74, 6) is -0.451. The molecular formula is C10H16N2O2S. The van der Waals surface area contributed by atoms with Crippen molar-refractivity contribution in [2.24, 2.45) is 5.92 Å². The molecule has 0 fully saturated rings. The molecule has 0 radical (unpaired) electrons. The van der Waals surface area contributed by atoms with Gasteiger partial charge in [0.25, 0.3) is 0 Å². The smallest absolute Gasteiger partial charge is 0.327 e. The Morgan fingerprint density at radius 2 is 2.33 bits per heavy atom. The monoisotopic (exact) mass is 228 g/mol. The van der Waals surface area contributed by atoms with Gasteiger partial charge in [0, 0.05) is 5.38 Å². The summed E-state index contributed by atoms with van der Waals surface area (Å²) in [5, 5.41) is 14.7. The summed E-state index contributed by atoms with van der Waals surface area (Å²) in [6.45, 7) is 6.62. The van der Waals surface area contributed by atoms with Crippen molar-refractivity contribution in [1.82, 2.24) is 10.3 Å². The lowest BCUT2D eigenvalue weighted by Gasteiger charge is -2.13. The highest BCUT2D eigenvalue weighted by molar-refractivity contribution is 7.09. The van der Waals surface area contributed by atoms with Crippen LogP contribution in [0.25, 0.3) is 0 Å². The molecule has 1 atom stereocenters. The highest BCUT2D eigenvalue weighted by Gasteiger charge is 2.21. The third kappa shape index (κ3) is 3.60. The molecule has 0 saturated heterocycles. The Kier molecular flexibility index (Phi) is 4.23. The number of thiazole rings is 1. The Bertz CT molecular complexity index is 336. The van der Waals surface area contributed by atoms with Crippen LogP contribution in [-0.2, 0) is 4.79 Å². The third-order valence-electron chi connectivity index (χ3n) is 1.91. The van der Waals surface area contributed by atoms with Gasteiger partial charge in [-0.3, -0.25) is 10.1 Å². The van der Waals surface area contributed by atoms with E-state index in [1.165, 1.54) is 11.3 Å². The molecule has 0 aliphatic rings. The Morgan fingerprint density at radius 1 is 1.67 bits per heavy atom. The largest absolute Gasteiger partial charge is 0.480 e. The second-order valence-electron chi connectivity index (χ2n) is 3.86. The first-order valence-electron chi connectivity index (χ1n) is 4.89. The molecular weight excluding hydrogens is 212 g/mol. The summed E-state index contributed by atoms with van der Waals surface area (Å²) in [4.78, 5) is 15.2. The van der Waals surface area contributed by atoms with Gasteiger partial charge in [-0.1, -0.05) is 13.8 Å². The Hall–Kier alpha value is -0.940. The van der Waals surface area contributed by atoms with Gasteiger partial charge in [-0.05, 0) is 19.4 Å². The van der Waals surface area contributed by atoms with Crippen LogP contribution < -0.4 is 5.32 Å². The second-order valence-corrected chi connectivity index (χ2v) is 4.93. The first-order chi connectivity index (χ1) is 7.00. The molecule has 1 rings (SSSR count). The van der Waals surface area contributed by atoms with Crippen molar-refractivity contribution < 1.29 is 9.90 Å². The lowest BCUT2D eigenvalue weighted by Crippen LogP contribution is -2.31. The number of rotatable bonds is 5. The van der Waals surface area contributed by atoms with Crippen molar-refractivity contribution >= 4 is 17.3 Å². The fraction of sp³-hybridized carbons (Fsp3) is 0.600. The van der Waals surface area contributed by atoms with Crippen molar-refractivity contribution in [3.8, 4) is 0 Å². The van der Waals surface area contributed by atoms with E-state index in [-0.39, 0.29) is 0 Å². The van der Waals surface area contributed by atoms with E-state index in [0.717, 1.165) is 5.01 Å². The number of aliphatic carboxylic acids is 1. The maximum Gasteiger partial charge on any atom is 0.327 e. The van der Waals surface area contributed by atoms with Crippen LogP contribution in [0.1, 0.15) is 30.6 Å². The van der Waals surface area contributed by atoms with Gasteiger partial charge in [0.2, 0.25) is 0 Å². The first-order valence-corrected chi connectivity index (χ1v) is 5.77. The number of carboxylic acids is 1. The molecule has 4 nitrogen and oxygen atoms in total. The van der Waals surface area contributed by atoms with Crippen LogP contribution in [0.3, 0.4) is 0 Å². The zero-order valence-corrected chi connectivity index (χ0v) is 9.97. The molecule has 0 aliphatic carbocycles. The van der Waals surface area contributed by atoms with Crippen molar-refractivity contribution in [2.75, 3.05) is 6.54 Å². The zero-order valence-electron chi connectivity index (χ0n) is 9.15. The lowest BCUT2D eigenvalue weighted by atomic mass is 10.2. The van der Waals surface area contributed by atoms with Crippen molar-refractivity contribution in [1.29, 1.82) is 0 Å². The molecule has 0 aliphatic heterocycles. The van der Waals surface area contributed by atoms with Crippen LogP contribution >= 0.6 is 11.3 Å². The number of aryl methyl sites for hydroxylation is 1. The molecule has 1 aromatic rings. The summed E-state index contributed by atoms with van der Waals surface area (Å²) in [6, 6.07) is -0.683. The SMILES string of the molecule is Cc1nc(C(NCC(C)C)C(=O)O)cs1. The number of nitrogens with zero attached hydrogens (tertiary/aromatic N) is 1. The fourth-order valence-corrected chi connectivity index (χ4v) is 1.82. The molecule has 0 aromatic carbocycles. The molecule has 0 bridgehead atoms. The number of nitrogens with one attached hydrogen (secondary N) is 1. The van der Waals surface area contributed by atoms with Crippen LogP contribution in [0.15, 0.2) is 5.38 Å². The van der Waals surface area contributed by atoms with Crippen molar-refractivity contribution in [3.05, 3.63) is 16.1 Å². The minimum atomic E-state index is -0.874. The molecule has 0 saturated carbocycles. The number of hydrogen-bond donors (Lipinski definition) is 2. The van der Waals surface area contributed by atoms with Gasteiger partial charge in [0.15, 0.2) is 0 Å². The molecule has 5 heteroatoms. The van der Waals surface area contributed by atoms with E-state index in [1.807, 2.05) is 20.8 Å². The van der Waals surface area contributed by atoms with E-state index in [0.29, 0.717) is 18.2 Å². The molecule has 0 amide bonds. The van der Waals surface area contributed by atoms with Crippen LogP contribution in [0.4, 0.5) is 0 Å². The Labute approximate surface area is 93.4 Å². The lowest BCUT2D eigenvalue weighted by molar-refractivity contribution is -0.139. The number of carboxylic acid groups (broad SMARTS) is 1. The average molecular weight is 228 g/mol. The van der Waals surface area contributed by atoms with Gasteiger partial charge in [-0.2, -0.15) is 0 Å². The number of hydrogen-bond acceptors (Lipinski definition) is 4. The summed E-state index contributed by atoms with van der Waals surface area (Å²) in [5.41, 5.74) is 0.602.